The Kier molecular flexibility index (Phi) is 5.56. The summed E-state index contributed by atoms with van der Waals surface area (Å²) < 4.78 is 5.52. The third-order valence-corrected chi connectivity index (χ3v) is 3.19. The molecule has 0 saturated heterocycles. The highest BCUT2D eigenvalue weighted by Crippen LogP contribution is 2.05. The fourth-order valence-corrected chi connectivity index (χ4v) is 2.24. The van der Waals surface area contributed by atoms with Crippen LogP contribution in [0.1, 0.15) is 17.5 Å². The van der Waals surface area contributed by atoms with E-state index in [1.165, 1.54) is 19.9 Å². The summed E-state index contributed by atoms with van der Waals surface area (Å²) in [6.45, 7) is 2.74. The minimum absolute atomic E-state index is 0.00902. The number of aryl methyl sites for hydroxylation is 1. The molecule has 1 rings (SSSR count). The number of rotatable bonds is 6. The Bertz CT molecular complexity index is 576. The molecule has 0 spiro atoms. The highest BCUT2D eigenvalue weighted by molar-refractivity contribution is 8.00. The lowest BCUT2D eigenvalue weighted by Gasteiger charge is -2.12. The van der Waals surface area contributed by atoms with E-state index in [0.29, 0.717) is 10.5 Å². The van der Waals surface area contributed by atoms with Crippen LogP contribution >= 0.6 is 11.8 Å². The van der Waals surface area contributed by atoms with Gasteiger partial charge in [-0.25, -0.2) is 4.79 Å². The van der Waals surface area contributed by atoms with Gasteiger partial charge in [0.25, 0.3) is 11.5 Å². The molecule has 9 heteroatoms. The lowest BCUT2D eigenvalue weighted by Crippen LogP contribution is -2.41. The number of aliphatic carboxylic acids is 1. The number of amides is 1. The van der Waals surface area contributed by atoms with Gasteiger partial charge in [0.15, 0.2) is 0 Å². The van der Waals surface area contributed by atoms with Crippen LogP contribution in [0.3, 0.4) is 0 Å². The molecule has 0 aliphatic rings. The zero-order chi connectivity index (χ0) is 15.3. The van der Waals surface area contributed by atoms with E-state index >= 15 is 0 Å². The first kappa shape index (κ1) is 16.0. The number of carboxylic acids is 1. The molecule has 1 aromatic heterocycles. The van der Waals surface area contributed by atoms with Gasteiger partial charge in [-0.05, 0) is 6.92 Å². The Morgan fingerprint density at radius 1 is 1.50 bits per heavy atom. The topological polar surface area (TPSA) is 119 Å². The van der Waals surface area contributed by atoms with Gasteiger partial charge in [-0.2, -0.15) is 0 Å². The summed E-state index contributed by atoms with van der Waals surface area (Å²) in [6, 6.07) is 0.0975. The second-order valence-electron chi connectivity index (χ2n) is 3.98. The van der Waals surface area contributed by atoms with Crippen LogP contribution in [0.5, 0.6) is 0 Å². The van der Waals surface area contributed by atoms with Crippen LogP contribution in [0.4, 0.5) is 0 Å². The lowest BCUT2D eigenvalue weighted by atomic mass is 10.3. The molecule has 1 aromatic rings. The Balaban J connectivity index is 2.52. The molecular weight excluding hydrogens is 288 g/mol. The number of thioether (sulfide) groups is 1. The number of hydrogen-bond acceptors (Lipinski definition) is 6. The van der Waals surface area contributed by atoms with Crippen molar-refractivity contribution in [2.24, 2.45) is 0 Å². The summed E-state index contributed by atoms with van der Waals surface area (Å²) in [4.78, 5) is 44.7. The second-order valence-corrected chi connectivity index (χ2v) is 5.01. The van der Waals surface area contributed by atoms with Crippen LogP contribution in [0.15, 0.2) is 15.4 Å². The molecule has 0 fully saturated rings. The fourth-order valence-electron chi connectivity index (χ4n) is 1.36. The maximum atomic E-state index is 11.7. The third-order valence-electron chi connectivity index (χ3n) is 2.17. The van der Waals surface area contributed by atoms with Crippen molar-refractivity contribution in [1.29, 1.82) is 0 Å². The number of carbonyl (C=O) groups is 3. The Labute approximate surface area is 118 Å². The average molecular weight is 302 g/mol. The molecule has 1 amide bonds. The van der Waals surface area contributed by atoms with Gasteiger partial charge in [0, 0.05) is 18.7 Å². The van der Waals surface area contributed by atoms with Crippen LogP contribution in [-0.2, 0) is 9.59 Å². The van der Waals surface area contributed by atoms with Crippen molar-refractivity contribution in [3.05, 3.63) is 22.2 Å². The standard InChI is InChI=1S/C11H14N2O6S/c1-6-3-9(15)13(19-6)10(16)5-20-4-8(11(17)18)12-7(2)14/h3,8H,4-5H2,1-2H3,(H,12,14)(H,17,18)/t8-/m0/s1. The number of hydrogen-bond donors (Lipinski definition) is 2. The largest absolute Gasteiger partial charge is 0.480 e. The zero-order valence-corrected chi connectivity index (χ0v) is 11.7. The molecule has 0 aliphatic heterocycles. The van der Waals surface area contributed by atoms with Crippen molar-refractivity contribution < 1.29 is 24.0 Å². The molecule has 0 aromatic carbocycles. The van der Waals surface area contributed by atoms with E-state index in [1.54, 1.807) is 0 Å². The van der Waals surface area contributed by atoms with Crippen LogP contribution in [0.25, 0.3) is 0 Å². The minimum Gasteiger partial charge on any atom is -0.480 e. The van der Waals surface area contributed by atoms with Gasteiger partial charge in [-0.15, -0.1) is 16.5 Å². The average Bonchev–Trinajstić information content (AvgIpc) is 2.66. The number of carboxylic acid groups (broad SMARTS) is 1. The second kappa shape index (κ2) is 6.94. The van der Waals surface area contributed by atoms with E-state index in [2.05, 4.69) is 5.32 Å². The summed E-state index contributed by atoms with van der Waals surface area (Å²) in [6.07, 6.45) is 0. The third kappa shape index (κ3) is 4.57. The van der Waals surface area contributed by atoms with E-state index in [9.17, 15) is 19.2 Å². The van der Waals surface area contributed by atoms with E-state index < -0.39 is 29.4 Å². The van der Waals surface area contributed by atoms with E-state index in [-0.39, 0.29) is 11.5 Å². The zero-order valence-electron chi connectivity index (χ0n) is 10.9. The molecule has 110 valence electrons. The van der Waals surface area contributed by atoms with Gasteiger partial charge in [0.2, 0.25) is 5.91 Å². The van der Waals surface area contributed by atoms with Crippen molar-refractivity contribution in [2.45, 2.75) is 19.9 Å². The summed E-state index contributed by atoms with van der Waals surface area (Å²) in [5, 5.41) is 11.1. The Morgan fingerprint density at radius 3 is 2.60 bits per heavy atom. The fraction of sp³-hybridized carbons (Fsp3) is 0.455. The molecular formula is C11H14N2O6S. The quantitative estimate of drug-likeness (QED) is 0.741. The molecule has 8 nitrogen and oxygen atoms in total. The highest BCUT2D eigenvalue weighted by Gasteiger charge is 2.19. The number of nitrogens with zero attached hydrogens (tertiary/aromatic N) is 1. The van der Waals surface area contributed by atoms with Crippen molar-refractivity contribution in [3.8, 4) is 0 Å². The van der Waals surface area contributed by atoms with Gasteiger partial charge >= 0.3 is 5.97 Å². The number of carbonyl (C=O) groups excluding carboxylic acids is 2. The van der Waals surface area contributed by atoms with Gasteiger partial charge in [0.05, 0.1) is 5.75 Å². The monoisotopic (exact) mass is 302 g/mol. The molecule has 0 unspecified atom stereocenters. The molecule has 20 heavy (non-hydrogen) atoms. The Hall–Kier alpha value is -2.03. The first-order valence-electron chi connectivity index (χ1n) is 5.62. The van der Waals surface area contributed by atoms with Crippen molar-refractivity contribution in [2.75, 3.05) is 11.5 Å². The highest BCUT2D eigenvalue weighted by atomic mass is 32.2. The maximum absolute atomic E-state index is 11.7. The number of aromatic nitrogens is 1. The predicted octanol–water partition coefficient (Wildman–Crippen LogP) is -0.288. The smallest absolute Gasteiger partial charge is 0.327 e. The molecule has 2 N–H and O–H groups in total. The van der Waals surface area contributed by atoms with Gasteiger partial charge in [0.1, 0.15) is 11.8 Å². The van der Waals surface area contributed by atoms with Crippen LogP contribution in [0.2, 0.25) is 0 Å². The molecule has 0 radical (unpaired) electrons. The van der Waals surface area contributed by atoms with E-state index in [1.807, 2.05) is 0 Å². The SMILES string of the molecule is CC(=O)N[C@@H](CSCC(=O)n1oc(C)cc1=O)C(=O)O. The van der Waals surface area contributed by atoms with Crippen LogP contribution in [-0.4, -0.2) is 45.2 Å². The summed E-state index contributed by atoms with van der Waals surface area (Å²) in [5.74, 6) is -2.05. The minimum atomic E-state index is -1.19. The molecule has 0 saturated carbocycles. The first-order valence-corrected chi connectivity index (χ1v) is 6.77. The maximum Gasteiger partial charge on any atom is 0.327 e. The van der Waals surface area contributed by atoms with Crippen molar-refractivity contribution in [3.63, 3.8) is 0 Å². The summed E-state index contributed by atoms with van der Waals surface area (Å²) in [5.41, 5.74) is -0.565. The predicted molar refractivity (Wildman–Crippen MR) is 70.9 cm³/mol. The van der Waals surface area contributed by atoms with Crippen LogP contribution < -0.4 is 10.9 Å². The molecule has 0 aliphatic carbocycles. The number of nitrogens with one attached hydrogen (secondary N) is 1. The summed E-state index contributed by atoms with van der Waals surface area (Å²) in [7, 11) is 0. The van der Waals surface area contributed by atoms with E-state index in [4.69, 9.17) is 9.63 Å². The summed E-state index contributed by atoms with van der Waals surface area (Å²) >= 11 is 0.988. The van der Waals surface area contributed by atoms with Crippen LogP contribution in [0, 0.1) is 6.92 Å². The van der Waals surface area contributed by atoms with Gasteiger partial charge in [-0.1, -0.05) is 0 Å². The molecule has 1 heterocycles. The first-order chi connectivity index (χ1) is 9.31. The van der Waals surface area contributed by atoms with E-state index in [0.717, 1.165) is 11.8 Å². The van der Waals surface area contributed by atoms with Crippen molar-refractivity contribution >= 4 is 29.5 Å². The Morgan fingerprint density at radius 2 is 2.15 bits per heavy atom. The van der Waals surface area contributed by atoms with Crippen molar-refractivity contribution in [1.82, 2.24) is 10.1 Å². The normalized spacial score (nSPS) is 11.9. The van der Waals surface area contributed by atoms with Gasteiger partial charge in [-0.3, -0.25) is 14.4 Å². The lowest BCUT2D eigenvalue weighted by molar-refractivity contribution is -0.140. The molecule has 0 bridgehead atoms. The van der Waals surface area contributed by atoms with Gasteiger partial charge < -0.3 is 14.9 Å². The molecule has 1 atom stereocenters.